The van der Waals surface area contributed by atoms with Crippen LogP contribution < -0.4 is 5.32 Å². The number of nitrogens with one attached hydrogen (secondary N) is 1. The topological polar surface area (TPSA) is 72.5 Å². The first kappa shape index (κ1) is 20.0. The van der Waals surface area contributed by atoms with E-state index in [-0.39, 0.29) is 0 Å². The molecule has 1 N–H and O–H groups in total. The molecule has 0 saturated heterocycles. The molecule has 29 heavy (non-hydrogen) atoms. The molecule has 2 aliphatic rings. The Kier molecular flexibility index (Phi) is 5.44. The van der Waals surface area contributed by atoms with Gasteiger partial charge in [-0.3, -0.25) is 4.79 Å². The van der Waals surface area contributed by atoms with Gasteiger partial charge in [0, 0.05) is 6.26 Å². The third kappa shape index (κ3) is 4.51. The Bertz CT molecular complexity index is 1000. The van der Waals surface area contributed by atoms with Crippen molar-refractivity contribution in [1.82, 2.24) is 5.32 Å². The number of rotatable bonds is 7. The Morgan fingerprint density at radius 3 is 2.52 bits per heavy atom. The Morgan fingerprint density at radius 1 is 1.17 bits per heavy atom. The number of benzene rings is 2. The molecule has 2 aromatic rings. The second kappa shape index (κ2) is 7.88. The summed E-state index contributed by atoms with van der Waals surface area (Å²) < 4.78 is 44.1. The van der Waals surface area contributed by atoms with Crippen molar-refractivity contribution in [1.29, 1.82) is 0 Å². The van der Waals surface area contributed by atoms with Crippen LogP contribution in [0.15, 0.2) is 48.5 Å². The van der Waals surface area contributed by atoms with Gasteiger partial charge in [-0.1, -0.05) is 36.4 Å². The number of carbonyl (C=O) groups excluding carboxylic acids is 1. The summed E-state index contributed by atoms with van der Waals surface area (Å²) in [6, 6.07) is 12.4. The quantitative estimate of drug-likeness (QED) is 0.751. The van der Waals surface area contributed by atoms with Crippen LogP contribution in [0, 0.1) is 11.7 Å². The van der Waals surface area contributed by atoms with Crippen LogP contribution in [0.5, 0.6) is 0 Å². The minimum atomic E-state index is -3.43. The second-order valence-electron chi connectivity index (χ2n) is 7.98. The van der Waals surface area contributed by atoms with E-state index in [4.69, 9.17) is 4.74 Å². The van der Waals surface area contributed by atoms with E-state index in [2.05, 4.69) is 5.32 Å². The predicted octanol–water partition coefficient (Wildman–Crippen LogP) is 3.12. The van der Waals surface area contributed by atoms with Gasteiger partial charge in [-0.15, -0.1) is 0 Å². The highest BCUT2D eigenvalue weighted by molar-refractivity contribution is 7.91. The molecule has 0 aliphatic heterocycles. The SMILES string of the molecule is CS(=O)(=O)[C@@H]1c2ccccc2C[C@H]1NC(=O)C(OCC1CC1)c1ccc(F)cc1. The Balaban J connectivity index is 1.57. The average Bonchev–Trinajstić information content (AvgIpc) is 3.41. The van der Waals surface area contributed by atoms with Gasteiger partial charge in [-0.05, 0) is 54.0 Å². The summed E-state index contributed by atoms with van der Waals surface area (Å²) in [5.74, 6) is -0.340. The maximum absolute atomic E-state index is 13.3. The maximum atomic E-state index is 13.3. The number of hydrogen-bond donors (Lipinski definition) is 1. The molecule has 0 aromatic heterocycles. The van der Waals surface area contributed by atoms with Gasteiger partial charge in [-0.2, -0.15) is 0 Å². The summed E-state index contributed by atoms with van der Waals surface area (Å²) in [7, 11) is -3.43. The third-order valence-electron chi connectivity index (χ3n) is 5.56. The van der Waals surface area contributed by atoms with E-state index in [9.17, 15) is 17.6 Å². The van der Waals surface area contributed by atoms with Crippen LogP contribution in [-0.2, 0) is 25.8 Å². The van der Waals surface area contributed by atoms with E-state index in [1.807, 2.05) is 12.1 Å². The Labute approximate surface area is 170 Å². The molecule has 5 nitrogen and oxygen atoms in total. The van der Waals surface area contributed by atoms with Gasteiger partial charge in [0.2, 0.25) is 0 Å². The predicted molar refractivity (Wildman–Crippen MR) is 107 cm³/mol. The fourth-order valence-corrected chi connectivity index (χ4v) is 5.40. The van der Waals surface area contributed by atoms with E-state index >= 15 is 0 Å². The molecule has 7 heteroatoms. The van der Waals surface area contributed by atoms with Gasteiger partial charge in [0.1, 0.15) is 11.1 Å². The van der Waals surface area contributed by atoms with E-state index in [1.165, 1.54) is 30.5 Å². The molecule has 0 bridgehead atoms. The van der Waals surface area contributed by atoms with Crippen molar-refractivity contribution >= 4 is 15.7 Å². The smallest absolute Gasteiger partial charge is 0.254 e. The molecule has 1 amide bonds. The lowest BCUT2D eigenvalue weighted by atomic mass is 10.1. The average molecular weight is 418 g/mol. The molecule has 0 heterocycles. The number of amides is 1. The Hall–Kier alpha value is -2.25. The largest absolute Gasteiger partial charge is 0.363 e. The molecular weight excluding hydrogens is 393 g/mol. The van der Waals surface area contributed by atoms with Crippen LogP contribution >= 0.6 is 0 Å². The lowest BCUT2D eigenvalue weighted by Gasteiger charge is -2.24. The van der Waals surface area contributed by atoms with Gasteiger partial charge in [0.15, 0.2) is 15.9 Å². The van der Waals surface area contributed by atoms with E-state index in [1.54, 1.807) is 12.1 Å². The number of carbonyl (C=O) groups is 1. The summed E-state index contributed by atoms with van der Waals surface area (Å²) >= 11 is 0. The second-order valence-corrected chi connectivity index (χ2v) is 10.1. The van der Waals surface area contributed by atoms with Gasteiger partial charge in [0.25, 0.3) is 5.91 Å². The Morgan fingerprint density at radius 2 is 1.86 bits per heavy atom. The lowest BCUT2D eigenvalue weighted by molar-refractivity contribution is -0.134. The van der Waals surface area contributed by atoms with Crippen molar-refractivity contribution in [3.8, 4) is 0 Å². The van der Waals surface area contributed by atoms with E-state index in [0.29, 0.717) is 24.5 Å². The van der Waals surface area contributed by atoms with Crippen LogP contribution in [-0.4, -0.2) is 33.2 Å². The van der Waals surface area contributed by atoms with Crippen molar-refractivity contribution in [2.24, 2.45) is 5.92 Å². The van der Waals surface area contributed by atoms with Gasteiger partial charge >= 0.3 is 0 Å². The van der Waals surface area contributed by atoms with Crippen LogP contribution in [0.3, 0.4) is 0 Å². The highest BCUT2D eigenvalue weighted by Gasteiger charge is 2.41. The molecule has 1 unspecified atom stereocenters. The number of fused-ring (bicyclic) bond motifs is 1. The zero-order chi connectivity index (χ0) is 20.6. The number of hydrogen-bond acceptors (Lipinski definition) is 4. The minimum absolute atomic E-state index is 0.390. The van der Waals surface area contributed by atoms with Crippen LogP contribution in [0.4, 0.5) is 4.39 Å². The number of halogens is 1. The maximum Gasteiger partial charge on any atom is 0.254 e. The van der Waals surface area contributed by atoms with E-state index < -0.39 is 39.0 Å². The third-order valence-corrected chi connectivity index (χ3v) is 7.07. The molecule has 3 atom stereocenters. The summed E-state index contributed by atoms with van der Waals surface area (Å²) in [5.41, 5.74) is 2.21. The van der Waals surface area contributed by atoms with Crippen LogP contribution in [0.1, 0.15) is 40.9 Å². The molecule has 2 aromatic carbocycles. The first-order valence-electron chi connectivity index (χ1n) is 9.77. The monoisotopic (exact) mass is 417 g/mol. The molecule has 1 saturated carbocycles. The zero-order valence-electron chi connectivity index (χ0n) is 16.2. The van der Waals surface area contributed by atoms with Crippen LogP contribution in [0.25, 0.3) is 0 Å². The molecule has 0 spiro atoms. The van der Waals surface area contributed by atoms with Gasteiger partial charge in [0.05, 0.1) is 12.6 Å². The molecule has 154 valence electrons. The standard InChI is InChI=1S/C22H24FNO4S/c1-29(26,27)21-18-5-3-2-4-16(18)12-19(21)24-22(25)20(28-13-14-6-7-14)15-8-10-17(23)11-9-15/h2-5,8-11,14,19-21H,6-7,12-13H2,1H3,(H,24,25)/t19-,20?,21-/m1/s1. The summed E-state index contributed by atoms with van der Waals surface area (Å²) in [6.07, 6.45) is 2.89. The van der Waals surface area contributed by atoms with Crippen molar-refractivity contribution in [3.05, 3.63) is 71.0 Å². The first-order valence-corrected chi connectivity index (χ1v) is 11.7. The minimum Gasteiger partial charge on any atom is -0.363 e. The molecular formula is C22H24FNO4S. The summed E-state index contributed by atoms with van der Waals surface area (Å²) in [5, 5.41) is 2.11. The lowest BCUT2D eigenvalue weighted by Crippen LogP contribution is -2.43. The number of ether oxygens (including phenoxy) is 1. The van der Waals surface area contributed by atoms with Crippen LogP contribution in [0.2, 0.25) is 0 Å². The fraction of sp³-hybridized carbons (Fsp3) is 0.409. The normalized spacial score (nSPS) is 22.1. The fourth-order valence-electron chi connectivity index (χ4n) is 3.95. The highest BCUT2D eigenvalue weighted by atomic mass is 32.2. The molecule has 4 rings (SSSR count). The summed E-state index contributed by atoms with van der Waals surface area (Å²) in [4.78, 5) is 13.1. The van der Waals surface area contributed by atoms with Gasteiger partial charge in [-0.25, -0.2) is 12.8 Å². The van der Waals surface area contributed by atoms with Crippen molar-refractivity contribution < 1.29 is 22.3 Å². The zero-order valence-corrected chi connectivity index (χ0v) is 17.0. The molecule has 2 aliphatic carbocycles. The van der Waals surface area contributed by atoms with Crippen molar-refractivity contribution in [2.45, 2.75) is 36.7 Å². The van der Waals surface area contributed by atoms with Crippen molar-refractivity contribution in [2.75, 3.05) is 12.9 Å². The number of sulfone groups is 1. The van der Waals surface area contributed by atoms with Crippen molar-refractivity contribution in [3.63, 3.8) is 0 Å². The van der Waals surface area contributed by atoms with Gasteiger partial charge < -0.3 is 10.1 Å². The first-order chi connectivity index (χ1) is 13.8. The molecule has 1 fully saturated rings. The van der Waals surface area contributed by atoms with E-state index in [0.717, 1.165) is 24.0 Å². The highest BCUT2D eigenvalue weighted by Crippen LogP contribution is 2.37. The molecule has 0 radical (unpaired) electrons. The summed E-state index contributed by atoms with van der Waals surface area (Å²) in [6.45, 7) is 0.454.